The van der Waals surface area contributed by atoms with Gasteiger partial charge in [-0.15, -0.1) is 0 Å². The topological polar surface area (TPSA) is 0 Å². The molecule has 0 fully saturated rings. The summed E-state index contributed by atoms with van der Waals surface area (Å²) in [6.45, 7) is 1.22. The van der Waals surface area contributed by atoms with Crippen molar-refractivity contribution >= 4 is 23.2 Å². The van der Waals surface area contributed by atoms with Crippen LogP contribution in [0.15, 0.2) is 12.1 Å². The van der Waals surface area contributed by atoms with Crippen molar-refractivity contribution in [3.05, 3.63) is 33.3 Å². The Bertz CT molecular complexity index is 271. The molecule has 0 saturated heterocycles. The van der Waals surface area contributed by atoms with Crippen LogP contribution in [0.1, 0.15) is 11.1 Å². The molecule has 1 aromatic carbocycles. The van der Waals surface area contributed by atoms with Gasteiger partial charge in [-0.2, -0.15) is 0 Å². The van der Waals surface area contributed by atoms with Crippen LogP contribution in [0.5, 0.6) is 0 Å². The van der Waals surface area contributed by atoms with Gasteiger partial charge in [-0.1, -0.05) is 29.3 Å². The number of halogens is 3. The zero-order valence-corrected chi connectivity index (χ0v) is 7.51. The summed E-state index contributed by atoms with van der Waals surface area (Å²) in [6.07, 6.45) is 0. The number of hydrogen-bond donors (Lipinski definition) is 0. The molecule has 0 unspecified atom stereocenters. The van der Waals surface area contributed by atoms with Gasteiger partial charge in [-0.3, -0.25) is 0 Å². The van der Waals surface area contributed by atoms with E-state index in [1.807, 2.05) is 0 Å². The summed E-state index contributed by atoms with van der Waals surface area (Å²) in [6, 6.07) is 3.25. The third kappa shape index (κ3) is 1.66. The fourth-order valence-electron chi connectivity index (χ4n) is 0.821. The highest BCUT2D eigenvalue weighted by molar-refractivity contribution is 6.36. The summed E-state index contributed by atoms with van der Waals surface area (Å²) in [4.78, 5) is 0. The van der Waals surface area contributed by atoms with E-state index in [4.69, 9.17) is 23.2 Å². The molecule has 3 heteroatoms. The number of rotatable bonds is 1. The van der Waals surface area contributed by atoms with Gasteiger partial charge >= 0.3 is 0 Å². The highest BCUT2D eigenvalue weighted by Gasteiger charge is 2.05. The van der Waals surface area contributed by atoms with Crippen molar-refractivity contribution < 1.29 is 4.39 Å². The van der Waals surface area contributed by atoms with Crippen molar-refractivity contribution in [2.75, 3.05) is 0 Å². The average molecular weight is 193 g/mol. The second kappa shape index (κ2) is 3.42. The van der Waals surface area contributed by atoms with E-state index in [2.05, 4.69) is 0 Å². The number of alkyl halides is 1. The van der Waals surface area contributed by atoms with Crippen molar-refractivity contribution in [2.45, 2.75) is 13.6 Å². The first kappa shape index (κ1) is 8.82. The van der Waals surface area contributed by atoms with Gasteiger partial charge < -0.3 is 0 Å². The van der Waals surface area contributed by atoms with E-state index in [-0.39, 0.29) is 0 Å². The van der Waals surface area contributed by atoms with Crippen molar-refractivity contribution in [2.24, 2.45) is 0 Å². The molecule has 0 heterocycles. The molecule has 0 amide bonds. The zero-order chi connectivity index (χ0) is 8.43. The summed E-state index contributed by atoms with van der Waals surface area (Å²) in [5, 5.41) is 1.01. The molecule has 0 aromatic heterocycles. The van der Waals surface area contributed by atoms with Crippen LogP contribution in [-0.4, -0.2) is 0 Å². The third-order valence-electron chi connectivity index (χ3n) is 1.54. The summed E-state index contributed by atoms with van der Waals surface area (Å²) >= 11 is 11.5. The minimum atomic E-state index is -0.545. The SMILES string of the molecule is Cc1c(Cl)ccc(CF)c1Cl. The summed E-state index contributed by atoms with van der Waals surface area (Å²) < 4.78 is 12.2. The van der Waals surface area contributed by atoms with E-state index in [1.165, 1.54) is 0 Å². The fraction of sp³-hybridized carbons (Fsp3) is 0.250. The molecule has 0 aliphatic rings. The molecular formula is C8H7Cl2F. The lowest BCUT2D eigenvalue weighted by atomic mass is 10.1. The van der Waals surface area contributed by atoms with Crippen molar-refractivity contribution in [1.29, 1.82) is 0 Å². The fourth-order valence-corrected chi connectivity index (χ4v) is 1.24. The van der Waals surface area contributed by atoms with Gasteiger partial charge in [0.15, 0.2) is 0 Å². The van der Waals surface area contributed by atoms with E-state index < -0.39 is 6.67 Å². The Balaban J connectivity index is 3.25. The molecule has 1 rings (SSSR count). The minimum Gasteiger partial charge on any atom is -0.246 e. The maximum Gasteiger partial charge on any atom is 0.116 e. The van der Waals surface area contributed by atoms with Crippen LogP contribution in [-0.2, 0) is 6.67 Å². The van der Waals surface area contributed by atoms with Crippen LogP contribution in [0, 0.1) is 6.92 Å². The predicted molar refractivity (Wildman–Crippen MR) is 46.0 cm³/mol. The smallest absolute Gasteiger partial charge is 0.116 e. The Morgan fingerprint density at radius 1 is 1.36 bits per heavy atom. The molecule has 0 aliphatic heterocycles. The Labute approximate surface area is 74.9 Å². The molecule has 0 spiro atoms. The van der Waals surface area contributed by atoms with E-state index in [0.29, 0.717) is 15.6 Å². The Morgan fingerprint density at radius 3 is 2.55 bits per heavy atom. The van der Waals surface area contributed by atoms with E-state index in [9.17, 15) is 4.39 Å². The summed E-state index contributed by atoms with van der Waals surface area (Å²) in [7, 11) is 0. The molecule has 0 atom stereocenters. The standard InChI is InChI=1S/C8H7Cl2F/c1-5-7(9)3-2-6(4-11)8(5)10/h2-3H,4H2,1H3. The lowest BCUT2D eigenvalue weighted by Gasteiger charge is -2.03. The highest BCUT2D eigenvalue weighted by Crippen LogP contribution is 2.27. The molecule has 0 N–H and O–H groups in total. The maximum absolute atomic E-state index is 12.2. The van der Waals surface area contributed by atoms with E-state index in [1.54, 1.807) is 19.1 Å². The Kier molecular flexibility index (Phi) is 2.74. The van der Waals surface area contributed by atoms with Gasteiger partial charge in [-0.05, 0) is 18.6 Å². The normalized spacial score (nSPS) is 10.2. The lowest BCUT2D eigenvalue weighted by Crippen LogP contribution is -1.85. The van der Waals surface area contributed by atoms with Crippen LogP contribution >= 0.6 is 23.2 Å². The quantitative estimate of drug-likeness (QED) is 0.636. The van der Waals surface area contributed by atoms with Gasteiger partial charge in [-0.25, -0.2) is 4.39 Å². The van der Waals surface area contributed by atoms with Crippen molar-refractivity contribution in [1.82, 2.24) is 0 Å². The van der Waals surface area contributed by atoms with Gasteiger partial charge in [0.25, 0.3) is 0 Å². The largest absolute Gasteiger partial charge is 0.246 e. The molecule has 0 radical (unpaired) electrons. The second-order valence-electron chi connectivity index (χ2n) is 2.28. The minimum absolute atomic E-state index is 0.431. The molecule has 1 aromatic rings. The molecule has 60 valence electrons. The van der Waals surface area contributed by atoms with Crippen LogP contribution in [0.25, 0.3) is 0 Å². The van der Waals surface area contributed by atoms with Gasteiger partial charge in [0.2, 0.25) is 0 Å². The molecule has 0 saturated carbocycles. The van der Waals surface area contributed by atoms with Gasteiger partial charge in [0.05, 0.1) is 5.02 Å². The Hall–Kier alpha value is -0.270. The first-order valence-corrected chi connectivity index (χ1v) is 3.92. The average Bonchev–Trinajstić information content (AvgIpc) is 2.01. The zero-order valence-electron chi connectivity index (χ0n) is 6.00. The summed E-state index contributed by atoms with van der Waals surface area (Å²) in [5.74, 6) is 0. The van der Waals surface area contributed by atoms with Gasteiger partial charge in [0, 0.05) is 10.6 Å². The molecule has 0 aliphatic carbocycles. The van der Waals surface area contributed by atoms with E-state index >= 15 is 0 Å². The lowest BCUT2D eigenvalue weighted by molar-refractivity contribution is 0.485. The van der Waals surface area contributed by atoms with Crippen LogP contribution in [0.3, 0.4) is 0 Å². The third-order valence-corrected chi connectivity index (χ3v) is 2.48. The molecule has 0 bridgehead atoms. The van der Waals surface area contributed by atoms with Crippen LogP contribution in [0.2, 0.25) is 10.0 Å². The van der Waals surface area contributed by atoms with Crippen LogP contribution < -0.4 is 0 Å². The molecular weight excluding hydrogens is 186 g/mol. The van der Waals surface area contributed by atoms with Crippen molar-refractivity contribution in [3.8, 4) is 0 Å². The first-order chi connectivity index (χ1) is 5.16. The Morgan fingerprint density at radius 2 is 2.00 bits per heavy atom. The number of hydrogen-bond acceptors (Lipinski definition) is 0. The number of benzene rings is 1. The first-order valence-electron chi connectivity index (χ1n) is 3.16. The second-order valence-corrected chi connectivity index (χ2v) is 3.06. The van der Waals surface area contributed by atoms with Crippen LogP contribution in [0.4, 0.5) is 4.39 Å². The summed E-state index contributed by atoms with van der Waals surface area (Å²) in [5.41, 5.74) is 1.23. The van der Waals surface area contributed by atoms with Crippen molar-refractivity contribution in [3.63, 3.8) is 0 Å². The predicted octanol–water partition coefficient (Wildman–Crippen LogP) is 3.77. The van der Waals surface area contributed by atoms with Gasteiger partial charge in [0.1, 0.15) is 6.67 Å². The monoisotopic (exact) mass is 192 g/mol. The highest BCUT2D eigenvalue weighted by atomic mass is 35.5. The molecule has 11 heavy (non-hydrogen) atoms. The molecule has 0 nitrogen and oxygen atoms in total. The maximum atomic E-state index is 12.2. The van der Waals surface area contributed by atoms with E-state index in [0.717, 1.165) is 5.56 Å².